The number of piperidine rings is 1. The fraction of sp³-hybridized carbons (Fsp3) is 0.409. The Morgan fingerprint density at radius 2 is 1.77 bits per heavy atom. The van der Waals surface area contributed by atoms with Gasteiger partial charge in [0.1, 0.15) is 17.2 Å². The van der Waals surface area contributed by atoms with E-state index in [0.29, 0.717) is 24.6 Å². The van der Waals surface area contributed by atoms with Crippen molar-refractivity contribution in [2.75, 3.05) is 33.0 Å². The minimum absolute atomic E-state index is 0.0597. The van der Waals surface area contributed by atoms with Gasteiger partial charge in [0.15, 0.2) is 0 Å². The van der Waals surface area contributed by atoms with Crippen LogP contribution in [-0.2, 0) is 6.42 Å². The van der Waals surface area contributed by atoms with Crippen molar-refractivity contribution in [1.82, 2.24) is 4.90 Å². The number of nitrogen functional groups attached to an aromatic ring is 1. The molecule has 1 fully saturated rings. The lowest BCUT2D eigenvalue weighted by Gasteiger charge is -2.32. The highest BCUT2D eigenvalue weighted by atomic mass is 16.6. The summed E-state index contributed by atoms with van der Waals surface area (Å²) in [5.74, 6) is 1.89. The predicted molar refractivity (Wildman–Crippen MR) is 114 cm³/mol. The van der Waals surface area contributed by atoms with Gasteiger partial charge in [0, 0.05) is 30.8 Å². The number of hydrogen-bond acceptors (Lipinski definition) is 6. The van der Waals surface area contributed by atoms with E-state index in [1.165, 1.54) is 17.7 Å². The maximum Gasteiger partial charge on any atom is 0.292 e. The number of carbonyl (C=O) groups is 1. The molecule has 0 spiro atoms. The molecule has 30 heavy (non-hydrogen) atoms. The molecular formula is C22H27N3O5. The smallest absolute Gasteiger partial charge is 0.292 e. The number of rotatable bonds is 7. The van der Waals surface area contributed by atoms with Gasteiger partial charge in [0.05, 0.1) is 19.1 Å². The predicted octanol–water partition coefficient (Wildman–Crippen LogP) is 3.68. The number of nitro groups is 1. The van der Waals surface area contributed by atoms with Crippen LogP contribution in [-0.4, -0.2) is 43.0 Å². The molecule has 3 rings (SSSR count). The molecule has 1 aliphatic heterocycles. The van der Waals surface area contributed by atoms with Crippen LogP contribution in [0, 0.1) is 16.0 Å². The Morgan fingerprint density at radius 3 is 2.33 bits per heavy atom. The summed E-state index contributed by atoms with van der Waals surface area (Å²) < 4.78 is 10.7. The van der Waals surface area contributed by atoms with E-state index in [1.807, 2.05) is 18.2 Å². The molecule has 0 radical (unpaired) electrons. The zero-order valence-corrected chi connectivity index (χ0v) is 17.3. The monoisotopic (exact) mass is 413 g/mol. The summed E-state index contributed by atoms with van der Waals surface area (Å²) in [5.41, 5.74) is 6.92. The van der Waals surface area contributed by atoms with E-state index in [2.05, 4.69) is 0 Å². The molecule has 2 N–H and O–H groups in total. The number of amides is 1. The van der Waals surface area contributed by atoms with Crippen molar-refractivity contribution < 1.29 is 19.2 Å². The Hall–Kier alpha value is -3.29. The summed E-state index contributed by atoms with van der Waals surface area (Å²) in [6.45, 7) is 1.28. The van der Waals surface area contributed by atoms with Crippen molar-refractivity contribution in [3.63, 3.8) is 0 Å². The number of nitrogens with zero attached hydrogens (tertiary/aromatic N) is 2. The SMILES string of the molecule is COc1cc(CCC2CCN(C(=O)c3ccc(N)c([N+](=O)[O-])c3)CC2)cc(OC)c1. The molecule has 0 unspecified atom stereocenters. The van der Waals surface area contributed by atoms with E-state index in [-0.39, 0.29) is 17.3 Å². The number of benzene rings is 2. The number of likely N-dealkylation sites (tertiary alicyclic amines) is 1. The first-order chi connectivity index (χ1) is 14.4. The number of nitrogens with two attached hydrogens (primary N) is 1. The first-order valence-corrected chi connectivity index (χ1v) is 9.96. The highest BCUT2D eigenvalue weighted by molar-refractivity contribution is 5.95. The average molecular weight is 413 g/mol. The van der Waals surface area contributed by atoms with Crippen LogP contribution in [0.15, 0.2) is 36.4 Å². The van der Waals surface area contributed by atoms with Gasteiger partial charge in [-0.05, 0) is 61.4 Å². The second-order valence-electron chi connectivity index (χ2n) is 7.53. The van der Waals surface area contributed by atoms with E-state index < -0.39 is 4.92 Å². The molecule has 1 saturated heterocycles. The average Bonchev–Trinajstić information content (AvgIpc) is 2.77. The topological polar surface area (TPSA) is 108 Å². The van der Waals surface area contributed by atoms with Crippen LogP contribution >= 0.6 is 0 Å². The van der Waals surface area contributed by atoms with Crippen LogP contribution in [0.2, 0.25) is 0 Å². The van der Waals surface area contributed by atoms with Crippen molar-refractivity contribution in [3.05, 3.63) is 57.6 Å². The van der Waals surface area contributed by atoms with Crippen molar-refractivity contribution in [1.29, 1.82) is 0 Å². The number of nitro benzene ring substituents is 1. The standard InChI is InChI=1S/C22H27N3O5/c1-29-18-11-16(12-19(14-18)30-2)4-3-15-7-9-24(10-8-15)22(26)17-5-6-20(23)21(13-17)25(27)28/h5-6,11-15H,3-4,7-10,23H2,1-2H3. The third kappa shape index (κ3) is 5.00. The second kappa shape index (κ2) is 9.47. The van der Waals surface area contributed by atoms with Crippen molar-refractivity contribution >= 4 is 17.3 Å². The number of hydrogen-bond donors (Lipinski definition) is 1. The number of carbonyl (C=O) groups excluding carboxylic acids is 1. The fourth-order valence-corrected chi connectivity index (χ4v) is 3.82. The summed E-state index contributed by atoms with van der Waals surface area (Å²) in [6.07, 6.45) is 3.75. The second-order valence-corrected chi connectivity index (χ2v) is 7.53. The van der Waals surface area contributed by atoms with Crippen molar-refractivity contribution in [3.8, 4) is 11.5 Å². The Labute approximate surface area is 175 Å². The Kier molecular flexibility index (Phi) is 6.76. The van der Waals surface area contributed by atoms with E-state index in [0.717, 1.165) is 37.2 Å². The van der Waals surface area contributed by atoms with E-state index in [1.54, 1.807) is 25.2 Å². The molecule has 8 nitrogen and oxygen atoms in total. The van der Waals surface area contributed by atoms with Gasteiger partial charge in [-0.25, -0.2) is 0 Å². The molecule has 0 bridgehead atoms. The molecule has 0 saturated carbocycles. The van der Waals surface area contributed by atoms with Crippen LogP contribution in [0.3, 0.4) is 0 Å². The lowest BCUT2D eigenvalue weighted by Crippen LogP contribution is -2.38. The molecule has 1 heterocycles. The van der Waals surface area contributed by atoms with Gasteiger partial charge >= 0.3 is 0 Å². The number of methoxy groups -OCH3 is 2. The lowest BCUT2D eigenvalue weighted by atomic mass is 9.90. The zero-order valence-electron chi connectivity index (χ0n) is 17.3. The van der Waals surface area contributed by atoms with Gasteiger partial charge in [-0.3, -0.25) is 14.9 Å². The van der Waals surface area contributed by atoms with Gasteiger partial charge in [-0.1, -0.05) is 0 Å². The van der Waals surface area contributed by atoms with Crippen molar-refractivity contribution in [2.24, 2.45) is 5.92 Å². The quantitative estimate of drug-likeness (QED) is 0.421. The number of ether oxygens (including phenoxy) is 2. The Bertz CT molecular complexity index is 901. The lowest BCUT2D eigenvalue weighted by molar-refractivity contribution is -0.383. The molecule has 1 amide bonds. The summed E-state index contributed by atoms with van der Waals surface area (Å²) in [4.78, 5) is 25.0. The van der Waals surface area contributed by atoms with Crippen LogP contribution in [0.25, 0.3) is 0 Å². The third-order valence-electron chi connectivity index (χ3n) is 5.63. The van der Waals surface area contributed by atoms with E-state index >= 15 is 0 Å². The third-order valence-corrected chi connectivity index (χ3v) is 5.63. The minimum Gasteiger partial charge on any atom is -0.497 e. The molecule has 2 aromatic rings. The molecule has 0 atom stereocenters. The first kappa shape index (κ1) is 21.4. The number of anilines is 1. The molecular weight excluding hydrogens is 386 g/mol. The highest BCUT2D eigenvalue weighted by Gasteiger charge is 2.25. The largest absolute Gasteiger partial charge is 0.497 e. The molecule has 1 aliphatic rings. The minimum atomic E-state index is -0.564. The Morgan fingerprint density at radius 1 is 1.13 bits per heavy atom. The van der Waals surface area contributed by atoms with Gasteiger partial charge in [0.25, 0.3) is 11.6 Å². The maximum atomic E-state index is 12.7. The zero-order chi connectivity index (χ0) is 21.7. The summed E-state index contributed by atoms with van der Waals surface area (Å²) in [7, 11) is 3.28. The van der Waals surface area contributed by atoms with Gasteiger partial charge in [-0.2, -0.15) is 0 Å². The molecule has 160 valence electrons. The molecule has 0 aromatic heterocycles. The van der Waals surface area contributed by atoms with Crippen LogP contribution < -0.4 is 15.2 Å². The van der Waals surface area contributed by atoms with Crippen LogP contribution in [0.5, 0.6) is 11.5 Å². The van der Waals surface area contributed by atoms with Gasteiger partial charge in [-0.15, -0.1) is 0 Å². The fourth-order valence-electron chi connectivity index (χ4n) is 3.82. The normalized spacial score (nSPS) is 14.4. The first-order valence-electron chi connectivity index (χ1n) is 9.96. The van der Waals surface area contributed by atoms with Gasteiger partial charge in [0.2, 0.25) is 0 Å². The van der Waals surface area contributed by atoms with Crippen LogP contribution in [0.1, 0.15) is 35.2 Å². The summed E-state index contributed by atoms with van der Waals surface area (Å²) >= 11 is 0. The van der Waals surface area contributed by atoms with E-state index in [4.69, 9.17) is 15.2 Å². The van der Waals surface area contributed by atoms with Gasteiger partial charge < -0.3 is 20.1 Å². The summed E-state index contributed by atoms with van der Waals surface area (Å²) in [5, 5.41) is 11.1. The highest BCUT2D eigenvalue weighted by Crippen LogP contribution is 2.28. The molecule has 2 aromatic carbocycles. The maximum absolute atomic E-state index is 12.7. The number of aryl methyl sites for hydroxylation is 1. The summed E-state index contributed by atoms with van der Waals surface area (Å²) in [6, 6.07) is 10.1. The molecule has 0 aliphatic carbocycles. The van der Waals surface area contributed by atoms with Crippen molar-refractivity contribution in [2.45, 2.75) is 25.7 Å². The van der Waals surface area contributed by atoms with Crippen LogP contribution in [0.4, 0.5) is 11.4 Å². The Balaban J connectivity index is 1.56. The molecule has 8 heteroatoms. The van der Waals surface area contributed by atoms with E-state index in [9.17, 15) is 14.9 Å².